The van der Waals surface area contributed by atoms with E-state index in [0.717, 1.165) is 4.43 Å². The summed E-state index contributed by atoms with van der Waals surface area (Å²) in [5, 5.41) is 0. The molecular formula is C13H17IO. The van der Waals surface area contributed by atoms with Gasteiger partial charge >= 0.3 is 0 Å². The molecule has 0 saturated carbocycles. The average Bonchev–Trinajstić information content (AvgIpc) is 2.55. The molecule has 0 N–H and O–H groups in total. The maximum absolute atomic E-state index is 6.14. The Morgan fingerprint density at radius 2 is 1.87 bits per heavy atom. The van der Waals surface area contributed by atoms with E-state index in [4.69, 9.17) is 4.74 Å². The maximum Gasteiger partial charge on any atom is 0.0829 e. The fraction of sp³-hybridized carbons (Fsp3) is 0.538. The van der Waals surface area contributed by atoms with E-state index in [9.17, 15) is 0 Å². The minimum Gasteiger partial charge on any atom is -0.370 e. The summed E-state index contributed by atoms with van der Waals surface area (Å²) in [4.78, 5) is 0. The fourth-order valence-electron chi connectivity index (χ4n) is 2.10. The molecule has 0 bridgehead atoms. The second kappa shape index (κ2) is 5.85. The third-order valence-electron chi connectivity index (χ3n) is 2.94. The highest BCUT2D eigenvalue weighted by Crippen LogP contribution is 2.30. The van der Waals surface area contributed by atoms with Crippen LogP contribution in [0.25, 0.3) is 0 Å². The second-order valence-electron chi connectivity index (χ2n) is 4.10. The van der Waals surface area contributed by atoms with Gasteiger partial charge < -0.3 is 4.74 Å². The number of ether oxygens (including phenoxy) is 1. The Balaban J connectivity index is 2.07. The van der Waals surface area contributed by atoms with Gasteiger partial charge in [-0.2, -0.15) is 0 Å². The standard InChI is InChI=1S/C13H17IO/c14-10-12-8-4-5-9-13(15-12)11-6-2-1-3-7-11/h1-3,6-7,12-13H,4-5,8-10H2/t12-,13-/m1/s1. The van der Waals surface area contributed by atoms with Crippen molar-refractivity contribution in [1.82, 2.24) is 0 Å². The van der Waals surface area contributed by atoms with Gasteiger partial charge in [0.05, 0.1) is 12.2 Å². The van der Waals surface area contributed by atoms with Crippen LogP contribution in [0.3, 0.4) is 0 Å². The molecule has 1 aliphatic heterocycles. The van der Waals surface area contributed by atoms with Gasteiger partial charge in [0.2, 0.25) is 0 Å². The molecule has 15 heavy (non-hydrogen) atoms. The summed E-state index contributed by atoms with van der Waals surface area (Å²) < 4.78 is 7.25. The van der Waals surface area contributed by atoms with Gasteiger partial charge in [-0.15, -0.1) is 0 Å². The Labute approximate surface area is 105 Å². The van der Waals surface area contributed by atoms with Crippen LogP contribution >= 0.6 is 22.6 Å². The van der Waals surface area contributed by atoms with Crippen molar-refractivity contribution in [3.8, 4) is 0 Å². The molecule has 0 amide bonds. The van der Waals surface area contributed by atoms with E-state index >= 15 is 0 Å². The van der Waals surface area contributed by atoms with E-state index in [1.54, 1.807) is 0 Å². The number of halogens is 1. The van der Waals surface area contributed by atoms with Crippen molar-refractivity contribution in [1.29, 1.82) is 0 Å². The molecule has 1 saturated heterocycles. The normalized spacial score (nSPS) is 27.3. The number of alkyl halides is 1. The first-order valence-electron chi connectivity index (χ1n) is 5.66. The van der Waals surface area contributed by atoms with Gasteiger partial charge in [0.25, 0.3) is 0 Å². The van der Waals surface area contributed by atoms with Crippen LogP contribution in [0.1, 0.15) is 37.4 Å². The zero-order valence-electron chi connectivity index (χ0n) is 8.86. The smallest absolute Gasteiger partial charge is 0.0829 e. The van der Waals surface area contributed by atoms with Gasteiger partial charge in [0, 0.05) is 4.43 Å². The van der Waals surface area contributed by atoms with Crippen molar-refractivity contribution in [2.45, 2.75) is 37.9 Å². The van der Waals surface area contributed by atoms with Crippen LogP contribution in [0.2, 0.25) is 0 Å². The maximum atomic E-state index is 6.14. The number of rotatable bonds is 2. The fourth-order valence-corrected chi connectivity index (χ4v) is 2.74. The molecule has 1 fully saturated rings. The summed E-state index contributed by atoms with van der Waals surface area (Å²) in [6.07, 6.45) is 5.81. The molecule has 0 aliphatic carbocycles. The molecule has 0 aromatic heterocycles. The van der Waals surface area contributed by atoms with E-state index in [0.29, 0.717) is 12.2 Å². The largest absolute Gasteiger partial charge is 0.370 e. The minimum atomic E-state index is 0.327. The van der Waals surface area contributed by atoms with Gasteiger partial charge in [0.1, 0.15) is 0 Å². The number of benzene rings is 1. The molecule has 1 aliphatic rings. The zero-order valence-corrected chi connectivity index (χ0v) is 11.0. The average molecular weight is 316 g/mol. The molecule has 0 spiro atoms. The summed E-state index contributed by atoms with van der Waals surface area (Å²) in [5.74, 6) is 0. The van der Waals surface area contributed by atoms with E-state index < -0.39 is 0 Å². The van der Waals surface area contributed by atoms with Gasteiger partial charge in [-0.05, 0) is 18.4 Å². The van der Waals surface area contributed by atoms with Gasteiger partial charge in [-0.25, -0.2) is 0 Å². The van der Waals surface area contributed by atoms with Crippen LogP contribution in [0.15, 0.2) is 30.3 Å². The third kappa shape index (κ3) is 3.18. The molecule has 2 heteroatoms. The van der Waals surface area contributed by atoms with Crippen LogP contribution in [-0.2, 0) is 4.74 Å². The Kier molecular flexibility index (Phi) is 4.44. The number of hydrogen-bond acceptors (Lipinski definition) is 1. The molecule has 2 atom stereocenters. The third-order valence-corrected chi connectivity index (χ3v) is 3.92. The topological polar surface area (TPSA) is 9.23 Å². The van der Waals surface area contributed by atoms with Crippen LogP contribution in [0.4, 0.5) is 0 Å². The summed E-state index contributed by atoms with van der Waals surface area (Å²) in [5.41, 5.74) is 1.34. The Bertz CT molecular complexity index is 286. The van der Waals surface area contributed by atoms with Crippen LogP contribution < -0.4 is 0 Å². The highest BCUT2D eigenvalue weighted by molar-refractivity contribution is 14.1. The molecular weight excluding hydrogens is 299 g/mol. The van der Waals surface area contributed by atoms with Crippen LogP contribution in [0, 0.1) is 0 Å². The highest BCUT2D eigenvalue weighted by Gasteiger charge is 2.20. The van der Waals surface area contributed by atoms with Gasteiger partial charge in [-0.1, -0.05) is 65.8 Å². The lowest BCUT2D eigenvalue weighted by Gasteiger charge is -2.20. The minimum absolute atomic E-state index is 0.327. The first kappa shape index (κ1) is 11.4. The lowest BCUT2D eigenvalue weighted by molar-refractivity contribution is 0.00493. The Morgan fingerprint density at radius 1 is 1.13 bits per heavy atom. The van der Waals surface area contributed by atoms with Crippen molar-refractivity contribution in [3.05, 3.63) is 35.9 Å². The molecule has 1 aromatic rings. The molecule has 82 valence electrons. The monoisotopic (exact) mass is 316 g/mol. The van der Waals surface area contributed by atoms with Crippen molar-refractivity contribution in [2.24, 2.45) is 0 Å². The summed E-state index contributed by atoms with van der Waals surface area (Å²) in [7, 11) is 0. The van der Waals surface area contributed by atoms with E-state index in [1.807, 2.05) is 0 Å². The Hall–Kier alpha value is -0.0900. The molecule has 1 aromatic carbocycles. The lowest BCUT2D eigenvalue weighted by Crippen LogP contribution is -2.15. The first-order chi connectivity index (χ1) is 7.40. The van der Waals surface area contributed by atoms with E-state index in [2.05, 4.69) is 52.9 Å². The highest BCUT2D eigenvalue weighted by atomic mass is 127. The van der Waals surface area contributed by atoms with Gasteiger partial charge in [0.15, 0.2) is 0 Å². The quantitative estimate of drug-likeness (QED) is 0.589. The molecule has 1 heterocycles. The predicted octanol–water partition coefficient (Wildman–Crippen LogP) is 4.12. The molecule has 0 unspecified atom stereocenters. The van der Waals surface area contributed by atoms with Crippen molar-refractivity contribution >= 4 is 22.6 Å². The summed E-state index contributed by atoms with van der Waals surface area (Å²) in [6.45, 7) is 0. The predicted molar refractivity (Wildman–Crippen MR) is 71.4 cm³/mol. The van der Waals surface area contributed by atoms with Crippen LogP contribution in [-0.4, -0.2) is 10.5 Å². The van der Waals surface area contributed by atoms with Crippen molar-refractivity contribution in [3.63, 3.8) is 0 Å². The molecule has 0 radical (unpaired) electrons. The molecule has 1 nitrogen and oxygen atoms in total. The zero-order chi connectivity index (χ0) is 10.5. The first-order valence-corrected chi connectivity index (χ1v) is 7.19. The summed E-state index contributed by atoms with van der Waals surface area (Å²) in [6, 6.07) is 10.6. The second-order valence-corrected chi connectivity index (χ2v) is 4.98. The van der Waals surface area contributed by atoms with Crippen LogP contribution in [0.5, 0.6) is 0 Å². The Morgan fingerprint density at radius 3 is 2.60 bits per heavy atom. The van der Waals surface area contributed by atoms with E-state index in [-0.39, 0.29) is 0 Å². The van der Waals surface area contributed by atoms with Gasteiger partial charge in [-0.3, -0.25) is 0 Å². The van der Waals surface area contributed by atoms with E-state index in [1.165, 1.54) is 31.2 Å². The van der Waals surface area contributed by atoms with Crippen molar-refractivity contribution < 1.29 is 4.74 Å². The SMILES string of the molecule is IC[C@H]1CCCC[C@H](c2ccccc2)O1. The summed E-state index contributed by atoms with van der Waals surface area (Å²) >= 11 is 2.43. The van der Waals surface area contributed by atoms with Crippen molar-refractivity contribution in [2.75, 3.05) is 4.43 Å². The lowest BCUT2D eigenvalue weighted by atomic mass is 10.0. The number of hydrogen-bond donors (Lipinski definition) is 0. The molecule has 2 rings (SSSR count).